The highest BCUT2D eigenvalue weighted by Crippen LogP contribution is 2.18. The van der Waals surface area contributed by atoms with Crippen molar-refractivity contribution in [2.75, 3.05) is 6.54 Å². The van der Waals surface area contributed by atoms with Crippen LogP contribution < -0.4 is 10.1 Å². The van der Waals surface area contributed by atoms with Crippen molar-refractivity contribution in [3.8, 4) is 5.75 Å². The van der Waals surface area contributed by atoms with E-state index in [9.17, 15) is 9.90 Å². The molecule has 0 heterocycles. The molecule has 2 atom stereocenters. The molecule has 0 aliphatic heterocycles. The minimum atomic E-state index is -0.897. The van der Waals surface area contributed by atoms with Gasteiger partial charge in [0.25, 0.3) is 5.91 Å². The Morgan fingerprint density at radius 2 is 2.26 bits per heavy atom. The lowest BCUT2D eigenvalue weighted by molar-refractivity contribution is -0.128. The molecule has 0 aromatic heterocycles. The third kappa shape index (κ3) is 5.49. The summed E-state index contributed by atoms with van der Waals surface area (Å²) in [6, 6.07) is 6.87. The number of hydrogen-bond donors (Lipinski definition) is 2. The number of nitrogens with one attached hydrogen (secondary N) is 1. The molecule has 1 aromatic carbocycles. The van der Waals surface area contributed by atoms with Crippen LogP contribution in [0.2, 0.25) is 5.02 Å². The molecule has 1 aromatic rings. The third-order valence-corrected chi connectivity index (χ3v) is 3.12. The van der Waals surface area contributed by atoms with Crippen molar-refractivity contribution in [1.29, 1.82) is 0 Å². The fourth-order valence-corrected chi connectivity index (χ4v) is 1.52. The number of carbonyl (C=O) groups is 1. The number of rotatable bonds is 6. The van der Waals surface area contributed by atoms with Gasteiger partial charge in [0.2, 0.25) is 0 Å². The number of aliphatic hydroxyl groups is 1. The normalized spacial score (nSPS) is 15.4. The Labute approximate surface area is 118 Å². The lowest BCUT2D eigenvalue weighted by Gasteiger charge is -2.23. The Morgan fingerprint density at radius 1 is 1.58 bits per heavy atom. The van der Waals surface area contributed by atoms with E-state index in [4.69, 9.17) is 16.3 Å². The molecule has 0 bridgehead atoms. The van der Waals surface area contributed by atoms with Crippen molar-refractivity contribution < 1.29 is 14.6 Å². The Morgan fingerprint density at radius 3 is 2.84 bits per heavy atom. The SMILES string of the molecule is CCC(C)(O)CNC(=O)C(C)Oc1cccc(Cl)c1. The monoisotopic (exact) mass is 285 g/mol. The first-order valence-electron chi connectivity index (χ1n) is 6.26. The lowest BCUT2D eigenvalue weighted by atomic mass is 10.0. The first kappa shape index (κ1) is 15.8. The smallest absolute Gasteiger partial charge is 0.260 e. The molecule has 4 nitrogen and oxygen atoms in total. The number of ether oxygens (including phenoxy) is 1. The number of hydrogen-bond acceptors (Lipinski definition) is 3. The summed E-state index contributed by atoms with van der Waals surface area (Å²) in [5.41, 5.74) is -0.897. The third-order valence-electron chi connectivity index (χ3n) is 2.88. The molecule has 0 saturated heterocycles. The van der Waals surface area contributed by atoms with Gasteiger partial charge < -0.3 is 15.2 Å². The van der Waals surface area contributed by atoms with Gasteiger partial charge in [0.05, 0.1) is 5.60 Å². The van der Waals surface area contributed by atoms with E-state index < -0.39 is 11.7 Å². The Kier molecular flexibility index (Phi) is 5.63. The predicted octanol–water partition coefficient (Wildman–Crippen LogP) is 2.38. The van der Waals surface area contributed by atoms with Gasteiger partial charge in [0.1, 0.15) is 5.75 Å². The van der Waals surface area contributed by atoms with Crippen LogP contribution in [-0.4, -0.2) is 29.3 Å². The summed E-state index contributed by atoms with van der Waals surface area (Å²) >= 11 is 5.83. The molecule has 2 N–H and O–H groups in total. The Bertz CT molecular complexity index is 434. The fraction of sp³-hybridized carbons (Fsp3) is 0.500. The molecule has 1 amide bonds. The van der Waals surface area contributed by atoms with Gasteiger partial charge in [-0.25, -0.2) is 0 Å². The quantitative estimate of drug-likeness (QED) is 0.844. The Hall–Kier alpha value is -1.26. The average Bonchev–Trinajstić information content (AvgIpc) is 2.36. The second kappa shape index (κ2) is 6.78. The molecule has 19 heavy (non-hydrogen) atoms. The van der Waals surface area contributed by atoms with Crippen LogP contribution in [0, 0.1) is 0 Å². The topological polar surface area (TPSA) is 58.6 Å². The van der Waals surface area contributed by atoms with Crippen molar-refractivity contribution >= 4 is 17.5 Å². The van der Waals surface area contributed by atoms with Gasteiger partial charge in [-0.1, -0.05) is 24.6 Å². The van der Waals surface area contributed by atoms with Gasteiger partial charge in [0.15, 0.2) is 6.10 Å². The van der Waals surface area contributed by atoms with Crippen LogP contribution in [0.5, 0.6) is 5.75 Å². The number of halogens is 1. The number of carbonyl (C=O) groups excluding carboxylic acids is 1. The summed E-state index contributed by atoms with van der Waals surface area (Å²) in [5.74, 6) is 0.270. The highest BCUT2D eigenvalue weighted by atomic mass is 35.5. The predicted molar refractivity (Wildman–Crippen MR) is 75.5 cm³/mol. The van der Waals surface area contributed by atoms with Gasteiger partial charge in [0, 0.05) is 11.6 Å². The minimum Gasteiger partial charge on any atom is -0.481 e. The van der Waals surface area contributed by atoms with E-state index in [2.05, 4.69) is 5.32 Å². The van der Waals surface area contributed by atoms with Crippen molar-refractivity contribution in [2.24, 2.45) is 0 Å². The Balaban J connectivity index is 2.49. The van der Waals surface area contributed by atoms with Crippen LogP contribution in [0.4, 0.5) is 0 Å². The summed E-state index contributed by atoms with van der Waals surface area (Å²) in [5, 5.41) is 13.0. The van der Waals surface area contributed by atoms with Crippen molar-refractivity contribution in [3.63, 3.8) is 0 Å². The summed E-state index contributed by atoms with van der Waals surface area (Å²) in [4.78, 5) is 11.8. The van der Waals surface area contributed by atoms with Crippen LogP contribution in [-0.2, 0) is 4.79 Å². The van der Waals surface area contributed by atoms with E-state index in [0.717, 1.165) is 0 Å². The molecule has 0 radical (unpaired) electrons. The van der Waals surface area contributed by atoms with Crippen molar-refractivity contribution in [3.05, 3.63) is 29.3 Å². The maximum absolute atomic E-state index is 11.8. The van der Waals surface area contributed by atoms with Crippen molar-refractivity contribution in [2.45, 2.75) is 38.9 Å². The minimum absolute atomic E-state index is 0.200. The lowest BCUT2D eigenvalue weighted by Crippen LogP contribution is -2.44. The molecule has 2 unspecified atom stereocenters. The first-order chi connectivity index (χ1) is 8.84. The fourth-order valence-electron chi connectivity index (χ4n) is 1.34. The van der Waals surface area contributed by atoms with E-state index in [1.54, 1.807) is 38.1 Å². The van der Waals surface area contributed by atoms with E-state index >= 15 is 0 Å². The van der Waals surface area contributed by atoms with Gasteiger partial charge in [-0.05, 0) is 38.5 Å². The molecule has 0 saturated carbocycles. The summed E-state index contributed by atoms with van der Waals surface area (Å²) < 4.78 is 5.48. The summed E-state index contributed by atoms with van der Waals surface area (Å²) in [6.45, 7) is 5.39. The van der Waals surface area contributed by atoms with E-state index in [1.807, 2.05) is 6.92 Å². The molecule has 0 aliphatic rings. The molecular weight excluding hydrogens is 266 g/mol. The van der Waals surface area contributed by atoms with Crippen LogP contribution in [0.15, 0.2) is 24.3 Å². The highest BCUT2D eigenvalue weighted by molar-refractivity contribution is 6.30. The molecule has 0 aliphatic carbocycles. The molecule has 5 heteroatoms. The van der Waals surface area contributed by atoms with E-state index in [-0.39, 0.29) is 12.5 Å². The van der Waals surface area contributed by atoms with Crippen LogP contribution in [0.3, 0.4) is 0 Å². The van der Waals surface area contributed by atoms with Crippen molar-refractivity contribution in [1.82, 2.24) is 5.32 Å². The first-order valence-corrected chi connectivity index (χ1v) is 6.64. The van der Waals surface area contributed by atoms with E-state index in [0.29, 0.717) is 17.2 Å². The van der Waals surface area contributed by atoms with Crippen LogP contribution >= 0.6 is 11.6 Å². The molecule has 1 rings (SSSR count). The zero-order valence-electron chi connectivity index (χ0n) is 11.4. The zero-order chi connectivity index (χ0) is 14.5. The standard InChI is InChI=1S/C14H20ClNO3/c1-4-14(3,18)9-16-13(17)10(2)19-12-7-5-6-11(15)8-12/h5-8,10,18H,4,9H2,1-3H3,(H,16,17). The van der Waals surface area contributed by atoms with Gasteiger partial charge in [-0.15, -0.1) is 0 Å². The molecule has 106 valence electrons. The molecular formula is C14H20ClNO3. The largest absolute Gasteiger partial charge is 0.481 e. The maximum Gasteiger partial charge on any atom is 0.260 e. The summed E-state index contributed by atoms with van der Waals surface area (Å²) in [6.07, 6.45) is -0.0808. The maximum atomic E-state index is 11.8. The van der Waals surface area contributed by atoms with Gasteiger partial charge >= 0.3 is 0 Å². The summed E-state index contributed by atoms with van der Waals surface area (Å²) in [7, 11) is 0. The van der Waals surface area contributed by atoms with Gasteiger partial charge in [-0.2, -0.15) is 0 Å². The van der Waals surface area contributed by atoms with Crippen LogP contribution in [0.25, 0.3) is 0 Å². The number of benzene rings is 1. The second-order valence-corrected chi connectivity index (χ2v) is 5.22. The number of amides is 1. The van der Waals surface area contributed by atoms with Crippen LogP contribution in [0.1, 0.15) is 27.2 Å². The molecule has 0 spiro atoms. The van der Waals surface area contributed by atoms with Gasteiger partial charge in [-0.3, -0.25) is 4.79 Å². The van der Waals surface area contributed by atoms with E-state index in [1.165, 1.54) is 0 Å². The molecule has 0 fully saturated rings. The second-order valence-electron chi connectivity index (χ2n) is 4.79. The zero-order valence-corrected chi connectivity index (χ0v) is 12.2. The highest BCUT2D eigenvalue weighted by Gasteiger charge is 2.21. The average molecular weight is 286 g/mol.